The minimum Gasteiger partial charge on any atom is -0.354 e. The smallest absolute Gasteiger partial charge is 0.354 e. The number of nitrogen functional groups attached to an aromatic ring is 1. The molecule has 1 aliphatic heterocycles. The molecule has 0 saturated carbocycles. The molecule has 1 aromatic rings. The maximum absolute atomic E-state index is 12.8. The van der Waals surface area contributed by atoms with Crippen molar-refractivity contribution >= 4 is 11.6 Å². The first-order valence-electron chi connectivity index (χ1n) is 6.47. The van der Waals surface area contributed by atoms with Gasteiger partial charge >= 0.3 is 6.18 Å². The summed E-state index contributed by atoms with van der Waals surface area (Å²) >= 11 is 0. The van der Waals surface area contributed by atoms with Crippen molar-refractivity contribution in [1.29, 1.82) is 0 Å². The van der Waals surface area contributed by atoms with E-state index >= 15 is 0 Å². The second kappa shape index (κ2) is 5.84. The summed E-state index contributed by atoms with van der Waals surface area (Å²) in [5.74, 6) is 5.53. The van der Waals surface area contributed by atoms with Gasteiger partial charge in [0.2, 0.25) is 0 Å². The van der Waals surface area contributed by atoms with E-state index in [0.29, 0.717) is 18.9 Å². The van der Waals surface area contributed by atoms with Gasteiger partial charge in [-0.2, -0.15) is 13.2 Å². The highest BCUT2D eigenvalue weighted by Gasteiger charge is 2.32. The fourth-order valence-electron chi connectivity index (χ4n) is 2.21. The van der Waals surface area contributed by atoms with Crippen molar-refractivity contribution < 1.29 is 13.2 Å². The molecule has 1 aliphatic rings. The number of alkyl halides is 3. The highest BCUT2D eigenvalue weighted by molar-refractivity contribution is 5.51. The molecule has 0 aliphatic carbocycles. The lowest BCUT2D eigenvalue weighted by atomic mass is 10.2. The SMILES string of the molecule is CCN1CCN(c2cc(C(F)(F)F)cc(NN)n2)CC1. The molecule has 0 atom stereocenters. The lowest BCUT2D eigenvalue weighted by Gasteiger charge is -2.35. The Balaban J connectivity index is 2.23. The summed E-state index contributed by atoms with van der Waals surface area (Å²) in [6.07, 6.45) is -4.41. The Hall–Kier alpha value is -1.54. The van der Waals surface area contributed by atoms with E-state index in [9.17, 15) is 13.2 Å². The zero-order valence-electron chi connectivity index (χ0n) is 11.2. The first kappa shape index (κ1) is 14.9. The van der Waals surface area contributed by atoms with Crippen LogP contribution in [0.5, 0.6) is 0 Å². The van der Waals surface area contributed by atoms with Crippen LogP contribution in [0.15, 0.2) is 12.1 Å². The predicted octanol–water partition coefficient (Wildman–Crippen LogP) is 1.53. The zero-order valence-corrected chi connectivity index (χ0v) is 11.2. The number of pyridine rings is 1. The maximum Gasteiger partial charge on any atom is 0.416 e. The number of likely N-dealkylation sites (N-methyl/N-ethyl adjacent to an activating group) is 1. The number of rotatable bonds is 3. The van der Waals surface area contributed by atoms with Crippen molar-refractivity contribution in [2.24, 2.45) is 5.84 Å². The Labute approximate surface area is 115 Å². The van der Waals surface area contributed by atoms with Crippen LogP contribution >= 0.6 is 0 Å². The molecule has 112 valence electrons. The van der Waals surface area contributed by atoms with Crippen LogP contribution in [0, 0.1) is 0 Å². The summed E-state index contributed by atoms with van der Waals surface area (Å²) in [5.41, 5.74) is 1.45. The van der Waals surface area contributed by atoms with Crippen molar-refractivity contribution in [3.8, 4) is 0 Å². The lowest BCUT2D eigenvalue weighted by molar-refractivity contribution is -0.137. The monoisotopic (exact) mass is 289 g/mol. The van der Waals surface area contributed by atoms with Crippen LogP contribution in [-0.2, 0) is 6.18 Å². The number of hydrogen-bond acceptors (Lipinski definition) is 5. The number of nitrogens with one attached hydrogen (secondary N) is 1. The molecule has 2 rings (SSSR count). The van der Waals surface area contributed by atoms with Gasteiger partial charge in [-0.3, -0.25) is 0 Å². The number of aromatic nitrogens is 1. The topological polar surface area (TPSA) is 57.4 Å². The van der Waals surface area contributed by atoms with Gasteiger partial charge in [0.15, 0.2) is 0 Å². The van der Waals surface area contributed by atoms with Crippen molar-refractivity contribution in [3.63, 3.8) is 0 Å². The first-order valence-corrected chi connectivity index (χ1v) is 6.47. The molecular weight excluding hydrogens is 271 g/mol. The number of anilines is 2. The highest BCUT2D eigenvalue weighted by Crippen LogP contribution is 2.32. The molecule has 0 aromatic carbocycles. The molecule has 0 spiro atoms. The van der Waals surface area contributed by atoms with Gasteiger partial charge in [-0.1, -0.05) is 6.92 Å². The number of halogens is 3. The number of nitrogens with two attached hydrogens (primary N) is 1. The summed E-state index contributed by atoms with van der Waals surface area (Å²) in [5, 5.41) is 0. The Morgan fingerprint density at radius 2 is 1.90 bits per heavy atom. The largest absolute Gasteiger partial charge is 0.416 e. The Bertz CT molecular complexity index is 455. The van der Waals surface area contributed by atoms with Crippen molar-refractivity contribution in [2.45, 2.75) is 13.1 Å². The minimum absolute atomic E-state index is 0.0211. The summed E-state index contributed by atoms with van der Waals surface area (Å²) in [6, 6.07) is 1.98. The van der Waals surface area contributed by atoms with Gasteiger partial charge in [0.25, 0.3) is 0 Å². The molecule has 1 aromatic heterocycles. The Morgan fingerprint density at radius 3 is 2.40 bits per heavy atom. The van der Waals surface area contributed by atoms with E-state index in [0.717, 1.165) is 31.8 Å². The van der Waals surface area contributed by atoms with Crippen molar-refractivity contribution in [2.75, 3.05) is 43.0 Å². The van der Waals surface area contributed by atoms with Crippen LogP contribution in [0.2, 0.25) is 0 Å². The number of hydrazine groups is 1. The molecule has 0 unspecified atom stereocenters. The van der Waals surface area contributed by atoms with Gasteiger partial charge in [0.1, 0.15) is 11.6 Å². The molecule has 0 amide bonds. The van der Waals surface area contributed by atoms with Gasteiger partial charge < -0.3 is 15.2 Å². The summed E-state index contributed by atoms with van der Waals surface area (Å²) < 4.78 is 38.5. The van der Waals surface area contributed by atoms with Crippen LogP contribution in [0.1, 0.15) is 12.5 Å². The molecule has 1 saturated heterocycles. The van der Waals surface area contributed by atoms with E-state index in [1.807, 2.05) is 4.90 Å². The molecule has 3 N–H and O–H groups in total. The van der Waals surface area contributed by atoms with E-state index in [4.69, 9.17) is 5.84 Å². The maximum atomic E-state index is 12.8. The van der Waals surface area contributed by atoms with Gasteiger partial charge in [0.05, 0.1) is 5.56 Å². The third-order valence-electron chi connectivity index (χ3n) is 3.43. The van der Waals surface area contributed by atoms with E-state index in [2.05, 4.69) is 22.2 Å². The quantitative estimate of drug-likeness (QED) is 0.653. The van der Waals surface area contributed by atoms with Gasteiger partial charge in [-0.15, -0.1) is 0 Å². The second-order valence-corrected chi connectivity index (χ2v) is 4.66. The molecular formula is C12H18F3N5. The zero-order chi connectivity index (χ0) is 14.8. The normalized spacial score (nSPS) is 17.4. The average Bonchev–Trinajstić information content (AvgIpc) is 2.46. The molecule has 1 fully saturated rings. The van der Waals surface area contributed by atoms with Crippen LogP contribution in [0.4, 0.5) is 24.8 Å². The predicted molar refractivity (Wildman–Crippen MR) is 71.4 cm³/mol. The molecule has 5 nitrogen and oxygen atoms in total. The molecule has 2 heterocycles. The van der Waals surface area contributed by atoms with Gasteiger partial charge in [-0.25, -0.2) is 10.8 Å². The first-order chi connectivity index (χ1) is 9.44. The van der Waals surface area contributed by atoms with E-state index in [1.54, 1.807) is 0 Å². The van der Waals surface area contributed by atoms with Gasteiger partial charge in [0, 0.05) is 26.2 Å². The number of hydrogen-bond donors (Lipinski definition) is 2. The Morgan fingerprint density at radius 1 is 1.25 bits per heavy atom. The third-order valence-corrected chi connectivity index (χ3v) is 3.43. The fraction of sp³-hybridized carbons (Fsp3) is 0.583. The summed E-state index contributed by atoms with van der Waals surface area (Å²) in [4.78, 5) is 8.20. The molecule has 0 radical (unpaired) electrons. The number of nitrogens with zero attached hydrogens (tertiary/aromatic N) is 3. The van der Waals surface area contributed by atoms with Crippen LogP contribution < -0.4 is 16.2 Å². The van der Waals surface area contributed by atoms with Crippen LogP contribution in [-0.4, -0.2) is 42.6 Å². The van der Waals surface area contributed by atoms with E-state index in [1.165, 1.54) is 0 Å². The molecule has 20 heavy (non-hydrogen) atoms. The average molecular weight is 289 g/mol. The van der Waals surface area contributed by atoms with E-state index in [-0.39, 0.29) is 5.82 Å². The van der Waals surface area contributed by atoms with Gasteiger partial charge in [-0.05, 0) is 18.7 Å². The van der Waals surface area contributed by atoms with Crippen LogP contribution in [0.3, 0.4) is 0 Å². The van der Waals surface area contributed by atoms with E-state index < -0.39 is 11.7 Å². The third kappa shape index (κ3) is 3.31. The Kier molecular flexibility index (Phi) is 4.34. The molecule has 8 heteroatoms. The van der Waals surface area contributed by atoms with Crippen molar-refractivity contribution in [1.82, 2.24) is 9.88 Å². The van der Waals surface area contributed by atoms with Crippen molar-refractivity contribution in [3.05, 3.63) is 17.7 Å². The minimum atomic E-state index is -4.41. The van der Waals surface area contributed by atoms with Crippen LogP contribution in [0.25, 0.3) is 0 Å². The fourth-order valence-corrected chi connectivity index (χ4v) is 2.21. The summed E-state index contributed by atoms with van der Waals surface area (Å²) in [6.45, 7) is 5.96. The summed E-state index contributed by atoms with van der Waals surface area (Å²) in [7, 11) is 0. The lowest BCUT2D eigenvalue weighted by Crippen LogP contribution is -2.46. The number of piperazine rings is 1. The second-order valence-electron chi connectivity index (χ2n) is 4.66. The highest BCUT2D eigenvalue weighted by atomic mass is 19.4. The standard InChI is InChI=1S/C12H18F3N5/c1-2-19-3-5-20(6-4-19)11-8-9(12(13,14)15)7-10(17-11)18-16/h7-8H,2-6,16H2,1H3,(H,17,18). The molecule has 0 bridgehead atoms.